The minimum absolute atomic E-state index is 0.137. The Morgan fingerprint density at radius 1 is 1.35 bits per heavy atom. The first-order valence-corrected chi connectivity index (χ1v) is 8.88. The van der Waals surface area contributed by atoms with Crippen molar-refractivity contribution in [1.29, 1.82) is 0 Å². The first-order valence-electron chi connectivity index (χ1n) is 8.88. The summed E-state index contributed by atoms with van der Waals surface area (Å²) in [5.74, 6) is 0.506. The van der Waals surface area contributed by atoms with Gasteiger partial charge in [0.2, 0.25) is 5.71 Å². The molecule has 0 atom stereocenters. The van der Waals surface area contributed by atoms with Crippen LogP contribution in [0.25, 0.3) is 0 Å². The third-order valence-electron chi connectivity index (χ3n) is 4.52. The van der Waals surface area contributed by atoms with Gasteiger partial charge in [0.25, 0.3) is 0 Å². The number of aryl methyl sites for hydroxylation is 1. The van der Waals surface area contributed by atoms with E-state index in [0.717, 1.165) is 24.5 Å². The molecular formula is C18H26N7O+. The lowest BCUT2D eigenvalue weighted by molar-refractivity contribution is -0.504. The summed E-state index contributed by atoms with van der Waals surface area (Å²) >= 11 is 0. The van der Waals surface area contributed by atoms with Crippen LogP contribution in [-0.2, 0) is 0 Å². The average Bonchev–Trinajstić information content (AvgIpc) is 3.19. The van der Waals surface area contributed by atoms with Crippen molar-refractivity contribution in [3.8, 4) is 0 Å². The zero-order valence-electron chi connectivity index (χ0n) is 15.5. The first-order chi connectivity index (χ1) is 12.4. The third kappa shape index (κ3) is 3.54. The lowest BCUT2D eigenvalue weighted by Crippen LogP contribution is -2.34. The lowest BCUT2D eigenvalue weighted by Gasteiger charge is -2.12. The minimum Gasteiger partial charge on any atom is -0.382 e. The lowest BCUT2D eigenvalue weighted by atomic mass is 10.1. The Morgan fingerprint density at radius 3 is 2.62 bits per heavy atom. The van der Waals surface area contributed by atoms with Gasteiger partial charge in [-0.3, -0.25) is 0 Å². The zero-order chi connectivity index (χ0) is 18.8. The maximum absolute atomic E-state index is 11.4. The van der Waals surface area contributed by atoms with Gasteiger partial charge in [0, 0.05) is 31.0 Å². The highest BCUT2D eigenvalue weighted by atomic mass is 16.2. The Bertz CT molecular complexity index is 847. The fourth-order valence-electron chi connectivity index (χ4n) is 3.24. The van der Waals surface area contributed by atoms with E-state index in [-0.39, 0.29) is 6.04 Å². The molecule has 2 heterocycles. The molecule has 8 nitrogen and oxygen atoms in total. The Hall–Kier alpha value is -2.90. The predicted molar refractivity (Wildman–Crippen MR) is 103 cm³/mol. The second-order valence-electron chi connectivity index (χ2n) is 6.85. The van der Waals surface area contributed by atoms with Gasteiger partial charge in [0.15, 0.2) is 0 Å². The quantitative estimate of drug-likeness (QED) is 0.566. The van der Waals surface area contributed by atoms with E-state index in [1.165, 1.54) is 12.8 Å². The summed E-state index contributed by atoms with van der Waals surface area (Å²) in [7, 11) is 0. The summed E-state index contributed by atoms with van der Waals surface area (Å²) in [6.07, 6.45) is 8.15. The van der Waals surface area contributed by atoms with E-state index >= 15 is 0 Å². The number of nitrogen functional groups attached to an aromatic ring is 1. The monoisotopic (exact) mass is 356 g/mol. The van der Waals surface area contributed by atoms with Crippen molar-refractivity contribution in [1.82, 2.24) is 15.1 Å². The molecule has 1 saturated heterocycles. The molecule has 1 aromatic rings. The fourth-order valence-corrected chi connectivity index (χ4v) is 3.24. The molecule has 0 unspecified atom stereocenters. The number of amides is 2. The van der Waals surface area contributed by atoms with Gasteiger partial charge in [-0.05, 0) is 26.8 Å². The molecule has 8 heteroatoms. The van der Waals surface area contributed by atoms with Crippen molar-refractivity contribution in [3.05, 3.63) is 29.6 Å². The summed E-state index contributed by atoms with van der Waals surface area (Å²) in [6, 6.07) is -0.485. The van der Waals surface area contributed by atoms with Crippen molar-refractivity contribution < 1.29 is 9.37 Å². The van der Waals surface area contributed by atoms with Gasteiger partial charge in [-0.1, -0.05) is 0 Å². The summed E-state index contributed by atoms with van der Waals surface area (Å²) in [5.41, 5.74) is 15.1. The second-order valence-corrected chi connectivity index (χ2v) is 6.85. The van der Waals surface area contributed by atoms with Crippen molar-refractivity contribution in [2.24, 2.45) is 10.7 Å². The molecule has 5 N–H and O–H groups in total. The fraction of sp³-hybridized carbons (Fsp3) is 0.444. The molecule has 0 radical (unpaired) electrons. The third-order valence-corrected chi connectivity index (χ3v) is 4.52. The number of nitrogens with one attached hydrogen (secondary N) is 1. The van der Waals surface area contributed by atoms with Crippen LogP contribution in [0.15, 0.2) is 28.9 Å². The van der Waals surface area contributed by atoms with Crippen LogP contribution in [0, 0.1) is 6.92 Å². The molecule has 2 amide bonds. The van der Waals surface area contributed by atoms with Crippen molar-refractivity contribution in [2.45, 2.75) is 39.7 Å². The highest BCUT2D eigenvalue weighted by Crippen LogP contribution is 2.29. The molecule has 138 valence electrons. The second kappa shape index (κ2) is 7.15. The smallest absolute Gasteiger partial charge is 0.316 e. The number of nitrogens with zero attached hydrogens (tertiary/aromatic N) is 4. The number of carbonyl (C=O) groups is 1. The number of aliphatic imine (C=N–C) groups is 1. The molecule has 0 bridgehead atoms. The number of primary amides is 1. The van der Waals surface area contributed by atoms with Crippen molar-refractivity contribution in [2.75, 3.05) is 18.8 Å². The highest BCUT2D eigenvalue weighted by molar-refractivity contribution is 6.21. The molecule has 26 heavy (non-hydrogen) atoms. The predicted octanol–water partition coefficient (Wildman–Crippen LogP) is 1.80. The van der Waals surface area contributed by atoms with Gasteiger partial charge in [-0.25, -0.2) is 19.0 Å². The number of rotatable bonds is 3. The van der Waals surface area contributed by atoms with Crippen molar-refractivity contribution in [3.63, 3.8) is 0 Å². The zero-order valence-corrected chi connectivity index (χ0v) is 15.5. The Labute approximate surface area is 153 Å². The van der Waals surface area contributed by atoms with E-state index in [4.69, 9.17) is 11.5 Å². The molecular weight excluding hydrogens is 330 g/mol. The van der Waals surface area contributed by atoms with Crippen LogP contribution in [0.2, 0.25) is 0 Å². The molecule has 1 aromatic heterocycles. The van der Waals surface area contributed by atoms with E-state index in [1.54, 1.807) is 4.68 Å². The van der Waals surface area contributed by atoms with Crippen LogP contribution in [0.3, 0.4) is 0 Å². The maximum atomic E-state index is 11.4. The van der Waals surface area contributed by atoms with E-state index in [1.807, 2.05) is 39.0 Å². The minimum atomic E-state index is -0.623. The summed E-state index contributed by atoms with van der Waals surface area (Å²) in [5, 5.41) is 7.13. The van der Waals surface area contributed by atoms with Crippen LogP contribution >= 0.6 is 0 Å². The number of hydrogen-bond acceptors (Lipinski definition) is 4. The molecule has 1 aliphatic carbocycles. The topological polar surface area (TPSA) is 114 Å². The average molecular weight is 356 g/mol. The normalized spacial score (nSPS) is 18.8. The van der Waals surface area contributed by atoms with Crippen LogP contribution in [0.1, 0.15) is 38.4 Å². The molecule has 0 saturated carbocycles. The molecule has 2 aliphatic rings. The Morgan fingerprint density at radius 2 is 2.04 bits per heavy atom. The molecule has 1 aliphatic heterocycles. The number of hydrogen-bond donors (Lipinski definition) is 3. The number of aromatic nitrogens is 2. The molecule has 3 rings (SSSR count). The number of anilines is 1. The van der Waals surface area contributed by atoms with Gasteiger partial charge in [-0.2, -0.15) is 5.10 Å². The molecule has 1 fully saturated rings. The van der Waals surface area contributed by atoms with Gasteiger partial charge in [0.05, 0.1) is 17.1 Å². The van der Waals surface area contributed by atoms with E-state index in [2.05, 4.69) is 20.0 Å². The van der Waals surface area contributed by atoms with Gasteiger partial charge in [-0.15, -0.1) is 0 Å². The van der Waals surface area contributed by atoms with E-state index in [9.17, 15) is 4.79 Å². The van der Waals surface area contributed by atoms with Crippen LogP contribution < -0.4 is 16.8 Å². The van der Waals surface area contributed by atoms with E-state index < -0.39 is 6.03 Å². The van der Waals surface area contributed by atoms with Crippen LogP contribution in [-0.4, -0.2) is 44.9 Å². The SMILES string of the molecule is Cc1nn(C(C)C)c(N)c1/N=C1/C=CC(=[N+]2CCCC2)C=C1NC(N)=O. The highest BCUT2D eigenvalue weighted by Gasteiger charge is 2.22. The van der Waals surface area contributed by atoms with Crippen LogP contribution in [0.4, 0.5) is 16.3 Å². The molecule has 0 spiro atoms. The summed E-state index contributed by atoms with van der Waals surface area (Å²) < 4.78 is 4.03. The van der Waals surface area contributed by atoms with Gasteiger partial charge in [0.1, 0.15) is 24.6 Å². The number of carbonyl (C=O) groups excluding carboxylic acids is 1. The largest absolute Gasteiger partial charge is 0.382 e. The number of allylic oxidation sites excluding steroid dienone is 3. The molecule has 0 aromatic carbocycles. The van der Waals surface area contributed by atoms with Crippen LogP contribution in [0.5, 0.6) is 0 Å². The number of urea groups is 1. The van der Waals surface area contributed by atoms with Crippen molar-refractivity contribution >= 4 is 29.0 Å². The van der Waals surface area contributed by atoms with Gasteiger partial charge < -0.3 is 16.8 Å². The maximum Gasteiger partial charge on any atom is 0.316 e. The summed E-state index contributed by atoms with van der Waals surface area (Å²) in [6.45, 7) is 7.92. The van der Waals surface area contributed by atoms with E-state index in [0.29, 0.717) is 22.9 Å². The van der Waals surface area contributed by atoms with Gasteiger partial charge >= 0.3 is 6.03 Å². The Balaban J connectivity index is 2.03. The number of nitrogens with two attached hydrogens (primary N) is 2. The standard InChI is InChI=1S/C18H25N7O/c1-11(2)25-17(19)16(12(3)23-25)21-14-7-6-13(24-8-4-5-9-24)10-15(14)22-18(20)26/h6-7,10-11H,4-5,8-9H2,1-3H3,(H4,19,20,22,23,26)/p+1. The first kappa shape index (κ1) is 17.9. The Kier molecular flexibility index (Phi) is 4.92. The summed E-state index contributed by atoms with van der Waals surface area (Å²) in [4.78, 5) is 16.1.